The minimum absolute atomic E-state index is 0.0454. The van der Waals surface area contributed by atoms with Gasteiger partial charge in [-0.15, -0.1) is 0 Å². The number of rotatable bonds is 0. The summed E-state index contributed by atoms with van der Waals surface area (Å²) in [5.74, 6) is -3.66. The molecule has 1 unspecified atom stereocenters. The average molecular weight is 364 g/mol. The molecule has 6 fully saturated rings. The van der Waals surface area contributed by atoms with Gasteiger partial charge in [0.2, 0.25) is 5.79 Å². The summed E-state index contributed by atoms with van der Waals surface area (Å²) in [6.07, 6.45) is -0.978. The maximum absolute atomic E-state index is 13.3. The standard InChI is InChI=1S/C20H28O6/c1-9-10-6-11(21)13-18-8-26-20(25,19(13,7-10)15(9)23)16(24)14(18)17(2,3)5-4-12(18)22/h10-14,16,21-22,24-25H,1,4-8H2,2-3H3/t10-,11-,12+,13?,14-,16+,18+,19+,20+/m1/s1. The van der Waals surface area contributed by atoms with Crippen molar-refractivity contribution in [3.05, 3.63) is 12.2 Å². The van der Waals surface area contributed by atoms with Gasteiger partial charge in [-0.1, -0.05) is 20.4 Å². The van der Waals surface area contributed by atoms with Crippen LogP contribution in [0.3, 0.4) is 0 Å². The lowest BCUT2D eigenvalue weighted by atomic mass is 9.35. The molecule has 144 valence electrons. The molecule has 2 spiro atoms. The fourth-order valence-electron chi connectivity index (χ4n) is 7.88. The van der Waals surface area contributed by atoms with Gasteiger partial charge in [-0.3, -0.25) is 4.79 Å². The van der Waals surface area contributed by atoms with E-state index in [9.17, 15) is 25.2 Å². The molecule has 6 aliphatic rings. The van der Waals surface area contributed by atoms with Gasteiger partial charge < -0.3 is 25.2 Å². The Balaban J connectivity index is 1.81. The molecule has 4 N–H and O–H groups in total. The first-order chi connectivity index (χ1) is 12.0. The van der Waals surface area contributed by atoms with Gasteiger partial charge in [0.15, 0.2) is 5.78 Å². The highest BCUT2D eigenvalue weighted by Gasteiger charge is 2.85. The van der Waals surface area contributed by atoms with E-state index < -0.39 is 46.8 Å². The third-order valence-corrected chi connectivity index (χ3v) is 8.78. The summed E-state index contributed by atoms with van der Waals surface area (Å²) >= 11 is 0. The van der Waals surface area contributed by atoms with E-state index in [2.05, 4.69) is 6.58 Å². The molecule has 4 aliphatic carbocycles. The number of Topliss-reactive ketones (excluding diaryl/α,β-unsaturated/α-hetero) is 1. The number of allylic oxidation sites excluding steroid dienone is 1. The van der Waals surface area contributed by atoms with E-state index in [0.717, 1.165) is 0 Å². The molecule has 2 heterocycles. The normalized spacial score (nSPS) is 59.9. The highest BCUT2D eigenvalue weighted by atomic mass is 16.6. The van der Waals surface area contributed by atoms with E-state index in [4.69, 9.17) is 4.74 Å². The SMILES string of the molecule is C=C1C(=O)[C@]23C[C@H]1C[C@@H](O)C2[C@@]12CO[C@@]3(O)[C@@H](O)[C@@H]1C(C)(C)CC[C@@H]2O. The molecule has 4 saturated carbocycles. The van der Waals surface area contributed by atoms with Crippen LogP contribution in [0.1, 0.15) is 39.5 Å². The molecule has 6 heteroatoms. The molecule has 2 saturated heterocycles. The van der Waals surface area contributed by atoms with Gasteiger partial charge in [0, 0.05) is 17.3 Å². The Hall–Kier alpha value is -0.790. The fourth-order valence-corrected chi connectivity index (χ4v) is 7.88. The number of fused-ring (bicyclic) bond motifs is 2. The second-order valence-electron chi connectivity index (χ2n) is 10.1. The molecule has 6 rings (SSSR count). The number of hydrogen-bond acceptors (Lipinski definition) is 6. The number of hydrogen-bond donors (Lipinski definition) is 4. The molecule has 0 aromatic carbocycles. The van der Waals surface area contributed by atoms with Crippen LogP contribution in [-0.2, 0) is 9.53 Å². The van der Waals surface area contributed by atoms with Gasteiger partial charge in [0.1, 0.15) is 6.10 Å². The summed E-state index contributed by atoms with van der Waals surface area (Å²) < 4.78 is 5.83. The number of carbonyl (C=O) groups is 1. The molecule has 26 heavy (non-hydrogen) atoms. The minimum Gasteiger partial charge on any atom is -0.393 e. The highest BCUT2D eigenvalue weighted by Crippen LogP contribution is 2.76. The Bertz CT molecular complexity index is 717. The van der Waals surface area contributed by atoms with Crippen LogP contribution in [0, 0.1) is 34.0 Å². The molecule has 0 amide bonds. The van der Waals surface area contributed by atoms with Crippen molar-refractivity contribution in [2.45, 2.75) is 63.6 Å². The van der Waals surface area contributed by atoms with Gasteiger partial charge >= 0.3 is 0 Å². The number of ether oxygens (including phenoxy) is 1. The van der Waals surface area contributed by atoms with E-state index in [1.807, 2.05) is 13.8 Å². The predicted octanol–water partition coefficient (Wildman–Crippen LogP) is 0.376. The van der Waals surface area contributed by atoms with Crippen LogP contribution in [0.4, 0.5) is 0 Å². The Morgan fingerprint density at radius 3 is 2.58 bits per heavy atom. The van der Waals surface area contributed by atoms with Crippen molar-refractivity contribution in [2.24, 2.45) is 34.0 Å². The van der Waals surface area contributed by atoms with Gasteiger partial charge in [-0.05, 0) is 42.6 Å². The minimum atomic E-state index is -2.05. The summed E-state index contributed by atoms with van der Waals surface area (Å²) in [6.45, 7) is 8.01. The van der Waals surface area contributed by atoms with E-state index in [-0.39, 0.29) is 23.7 Å². The van der Waals surface area contributed by atoms with Crippen LogP contribution in [0.15, 0.2) is 12.2 Å². The largest absolute Gasteiger partial charge is 0.393 e. The van der Waals surface area contributed by atoms with Crippen molar-refractivity contribution in [1.29, 1.82) is 0 Å². The maximum Gasteiger partial charge on any atom is 0.205 e. The van der Waals surface area contributed by atoms with Gasteiger partial charge in [0.25, 0.3) is 0 Å². The van der Waals surface area contributed by atoms with Gasteiger partial charge in [-0.2, -0.15) is 0 Å². The predicted molar refractivity (Wildman–Crippen MR) is 90.7 cm³/mol. The number of ketones is 1. The monoisotopic (exact) mass is 364 g/mol. The van der Waals surface area contributed by atoms with Crippen LogP contribution < -0.4 is 0 Å². The maximum atomic E-state index is 13.3. The number of aliphatic hydroxyl groups is 4. The van der Waals surface area contributed by atoms with Crippen molar-refractivity contribution < 1.29 is 30.0 Å². The Labute approximate surface area is 152 Å². The van der Waals surface area contributed by atoms with Crippen molar-refractivity contribution >= 4 is 5.78 Å². The first-order valence-corrected chi connectivity index (χ1v) is 9.68. The second-order valence-corrected chi connectivity index (χ2v) is 10.1. The van der Waals surface area contributed by atoms with E-state index in [0.29, 0.717) is 31.3 Å². The zero-order chi connectivity index (χ0) is 18.9. The smallest absolute Gasteiger partial charge is 0.205 e. The Morgan fingerprint density at radius 2 is 1.88 bits per heavy atom. The fraction of sp³-hybridized carbons (Fsp3) is 0.850. The quantitative estimate of drug-likeness (QED) is 0.463. The molecule has 6 nitrogen and oxygen atoms in total. The lowest BCUT2D eigenvalue weighted by molar-refractivity contribution is -0.455. The molecular formula is C20H28O6. The molecule has 0 aromatic rings. The lowest BCUT2D eigenvalue weighted by Crippen LogP contribution is -2.85. The topological polar surface area (TPSA) is 107 Å². The Kier molecular flexibility index (Phi) is 3.07. The summed E-state index contributed by atoms with van der Waals surface area (Å²) in [5.41, 5.74) is -2.32. The first-order valence-electron chi connectivity index (χ1n) is 9.68. The van der Waals surface area contributed by atoms with Crippen molar-refractivity contribution in [2.75, 3.05) is 6.61 Å². The zero-order valence-electron chi connectivity index (χ0n) is 15.3. The van der Waals surface area contributed by atoms with Crippen molar-refractivity contribution in [3.8, 4) is 0 Å². The summed E-state index contributed by atoms with van der Waals surface area (Å²) in [5, 5.41) is 45.1. The zero-order valence-corrected chi connectivity index (χ0v) is 15.3. The van der Waals surface area contributed by atoms with Gasteiger partial charge in [0.05, 0.1) is 24.2 Å². The average Bonchev–Trinajstić information content (AvgIpc) is 2.76. The summed E-state index contributed by atoms with van der Waals surface area (Å²) in [7, 11) is 0. The summed E-state index contributed by atoms with van der Waals surface area (Å²) in [4.78, 5) is 13.3. The van der Waals surface area contributed by atoms with Crippen LogP contribution in [0.25, 0.3) is 0 Å². The molecule has 4 bridgehead atoms. The number of carbonyl (C=O) groups excluding carboxylic acids is 1. The molecule has 9 atom stereocenters. The van der Waals surface area contributed by atoms with Crippen molar-refractivity contribution in [3.63, 3.8) is 0 Å². The lowest BCUT2D eigenvalue weighted by Gasteiger charge is -2.74. The summed E-state index contributed by atoms with van der Waals surface area (Å²) in [6, 6.07) is 0. The Morgan fingerprint density at radius 1 is 1.19 bits per heavy atom. The molecule has 0 aromatic heterocycles. The molecule has 0 radical (unpaired) electrons. The third kappa shape index (κ3) is 1.47. The second kappa shape index (κ2) is 4.61. The van der Waals surface area contributed by atoms with Crippen molar-refractivity contribution in [1.82, 2.24) is 0 Å². The van der Waals surface area contributed by atoms with Gasteiger partial charge in [-0.25, -0.2) is 0 Å². The van der Waals surface area contributed by atoms with Crippen LogP contribution in [0.2, 0.25) is 0 Å². The van der Waals surface area contributed by atoms with Crippen LogP contribution >= 0.6 is 0 Å². The van der Waals surface area contributed by atoms with Crippen LogP contribution in [0.5, 0.6) is 0 Å². The van der Waals surface area contributed by atoms with E-state index >= 15 is 0 Å². The molecular weight excluding hydrogens is 336 g/mol. The highest BCUT2D eigenvalue weighted by molar-refractivity contribution is 6.04. The molecule has 2 aliphatic heterocycles. The third-order valence-electron chi connectivity index (χ3n) is 8.78. The first kappa shape index (κ1) is 17.3. The van der Waals surface area contributed by atoms with Crippen LogP contribution in [-0.4, -0.2) is 56.9 Å². The van der Waals surface area contributed by atoms with E-state index in [1.54, 1.807) is 0 Å². The van der Waals surface area contributed by atoms with E-state index in [1.165, 1.54) is 0 Å². The number of aliphatic hydroxyl groups excluding tert-OH is 3.